The second-order valence-electron chi connectivity index (χ2n) is 5.66. The number of carbonyl (C=O) groups is 1. The number of nitrogens with one attached hydrogen (secondary N) is 1. The van der Waals surface area contributed by atoms with Gasteiger partial charge in [0.2, 0.25) is 0 Å². The van der Waals surface area contributed by atoms with Crippen molar-refractivity contribution in [3.05, 3.63) is 76.2 Å². The minimum Gasteiger partial charge on any atom is -0.351 e. The van der Waals surface area contributed by atoms with Crippen molar-refractivity contribution in [1.82, 2.24) is 4.98 Å². The van der Waals surface area contributed by atoms with E-state index in [-0.39, 0.29) is 12.1 Å². The molecule has 134 valence electrons. The van der Waals surface area contributed by atoms with Crippen LogP contribution in [0.4, 0.5) is 23.7 Å². The predicted octanol–water partition coefficient (Wildman–Crippen LogP) is 3.63. The number of hydrogen-bond donors (Lipinski definition) is 2. The van der Waals surface area contributed by atoms with E-state index in [2.05, 4.69) is 4.98 Å². The number of H-pyrrole nitrogens is 1. The number of amides is 2. The molecule has 26 heavy (non-hydrogen) atoms. The Labute approximate surface area is 145 Å². The predicted molar refractivity (Wildman–Crippen MR) is 91.8 cm³/mol. The Balaban J connectivity index is 2.00. The Morgan fingerprint density at radius 1 is 1.04 bits per heavy atom. The van der Waals surface area contributed by atoms with Crippen LogP contribution >= 0.6 is 0 Å². The zero-order valence-electron chi connectivity index (χ0n) is 13.4. The van der Waals surface area contributed by atoms with Crippen LogP contribution in [0.1, 0.15) is 11.1 Å². The van der Waals surface area contributed by atoms with Crippen molar-refractivity contribution in [2.24, 2.45) is 5.73 Å². The van der Waals surface area contributed by atoms with Crippen LogP contribution in [-0.2, 0) is 12.7 Å². The molecule has 0 atom stereocenters. The first-order valence-corrected chi connectivity index (χ1v) is 7.61. The van der Waals surface area contributed by atoms with Crippen molar-refractivity contribution < 1.29 is 18.0 Å². The molecule has 3 aromatic rings. The molecule has 0 aliphatic rings. The van der Waals surface area contributed by atoms with Gasteiger partial charge in [-0.05, 0) is 35.9 Å². The normalized spacial score (nSPS) is 11.5. The van der Waals surface area contributed by atoms with Gasteiger partial charge in [-0.1, -0.05) is 18.2 Å². The molecule has 3 rings (SSSR count). The van der Waals surface area contributed by atoms with Crippen LogP contribution in [0.2, 0.25) is 0 Å². The zero-order valence-corrected chi connectivity index (χ0v) is 13.4. The van der Waals surface area contributed by atoms with Crippen LogP contribution in [-0.4, -0.2) is 11.0 Å². The molecule has 2 amide bonds. The van der Waals surface area contributed by atoms with Gasteiger partial charge in [-0.15, -0.1) is 0 Å². The SMILES string of the molecule is NC(=O)N(Cc1ccc(C(F)(F)F)cc1)c1cccc2c(=O)[nH]ccc12. The molecule has 0 saturated carbocycles. The molecule has 0 saturated heterocycles. The summed E-state index contributed by atoms with van der Waals surface area (Å²) in [5.41, 5.74) is 5.25. The van der Waals surface area contributed by atoms with Crippen LogP contribution < -0.4 is 16.2 Å². The second kappa shape index (κ2) is 6.55. The first-order chi connectivity index (χ1) is 12.3. The van der Waals surface area contributed by atoms with E-state index in [9.17, 15) is 22.8 Å². The number of aromatic amines is 1. The molecule has 3 N–H and O–H groups in total. The number of hydrogen-bond acceptors (Lipinski definition) is 2. The van der Waals surface area contributed by atoms with Gasteiger partial charge < -0.3 is 10.7 Å². The van der Waals surface area contributed by atoms with Crippen LogP contribution in [0.5, 0.6) is 0 Å². The summed E-state index contributed by atoms with van der Waals surface area (Å²) in [6.45, 7) is -0.0284. The van der Waals surface area contributed by atoms with Gasteiger partial charge in [-0.25, -0.2) is 4.79 Å². The van der Waals surface area contributed by atoms with Gasteiger partial charge in [0.1, 0.15) is 0 Å². The lowest BCUT2D eigenvalue weighted by molar-refractivity contribution is -0.137. The van der Waals surface area contributed by atoms with E-state index in [4.69, 9.17) is 5.73 Å². The van der Waals surface area contributed by atoms with Gasteiger partial charge in [-0.3, -0.25) is 9.69 Å². The molecule has 8 heteroatoms. The molecule has 0 aliphatic heterocycles. The summed E-state index contributed by atoms with van der Waals surface area (Å²) in [6.07, 6.45) is -2.98. The largest absolute Gasteiger partial charge is 0.416 e. The molecule has 0 aliphatic carbocycles. The lowest BCUT2D eigenvalue weighted by Gasteiger charge is -2.22. The summed E-state index contributed by atoms with van der Waals surface area (Å²) in [7, 11) is 0. The minimum atomic E-state index is -4.43. The Bertz CT molecular complexity index is 1010. The summed E-state index contributed by atoms with van der Waals surface area (Å²) in [5, 5.41) is 0.894. The Morgan fingerprint density at radius 3 is 2.35 bits per heavy atom. The van der Waals surface area contributed by atoms with Crippen LogP contribution in [0, 0.1) is 0 Å². The van der Waals surface area contributed by atoms with Gasteiger partial charge >= 0.3 is 12.2 Å². The van der Waals surface area contributed by atoms with Gasteiger partial charge in [0.25, 0.3) is 5.56 Å². The number of alkyl halides is 3. The minimum absolute atomic E-state index is 0.0284. The highest BCUT2D eigenvalue weighted by Crippen LogP contribution is 2.30. The van der Waals surface area contributed by atoms with Crippen molar-refractivity contribution in [2.75, 3.05) is 4.90 Å². The third-order valence-electron chi connectivity index (χ3n) is 3.97. The standard InChI is InChI=1S/C18H14F3N3O2/c19-18(20,21)12-6-4-11(5-7-12)10-24(17(22)26)15-3-1-2-14-13(15)8-9-23-16(14)25/h1-9H,10H2,(H2,22,26)(H,23,25). The van der Waals surface area contributed by atoms with E-state index >= 15 is 0 Å². The molecule has 0 spiro atoms. The summed E-state index contributed by atoms with van der Waals surface area (Å²) in [5.74, 6) is 0. The monoisotopic (exact) mass is 361 g/mol. The summed E-state index contributed by atoms with van der Waals surface area (Å²) >= 11 is 0. The topological polar surface area (TPSA) is 79.2 Å². The van der Waals surface area contributed by atoms with Crippen LogP contribution in [0.3, 0.4) is 0 Å². The number of halogens is 3. The number of benzene rings is 2. The van der Waals surface area contributed by atoms with Gasteiger partial charge in [-0.2, -0.15) is 13.2 Å². The van der Waals surface area contributed by atoms with E-state index in [0.717, 1.165) is 12.1 Å². The second-order valence-corrected chi connectivity index (χ2v) is 5.66. The molecular formula is C18H14F3N3O2. The number of aromatic nitrogens is 1. The number of urea groups is 1. The van der Waals surface area contributed by atoms with Crippen LogP contribution in [0.25, 0.3) is 10.8 Å². The first kappa shape index (κ1) is 17.5. The number of pyridine rings is 1. The molecule has 0 bridgehead atoms. The molecule has 5 nitrogen and oxygen atoms in total. The molecule has 1 aromatic heterocycles. The quantitative estimate of drug-likeness (QED) is 0.747. The van der Waals surface area contributed by atoms with E-state index in [1.807, 2.05) is 0 Å². The Morgan fingerprint density at radius 2 is 1.73 bits per heavy atom. The average Bonchev–Trinajstić information content (AvgIpc) is 2.59. The van der Waals surface area contributed by atoms with Crippen molar-refractivity contribution in [1.29, 1.82) is 0 Å². The van der Waals surface area contributed by atoms with Crippen molar-refractivity contribution >= 4 is 22.5 Å². The molecule has 0 radical (unpaired) electrons. The van der Waals surface area contributed by atoms with Crippen molar-refractivity contribution in [2.45, 2.75) is 12.7 Å². The fourth-order valence-corrected chi connectivity index (χ4v) is 2.70. The molecule has 0 unspecified atom stereocenters. The first-order valence-electron chi connectivity index (χ1n) is 7.61. The summed E-state index contributed by atoms with van der Waals surface area (Å²) in [4.78, 5) is 27.6. The maximum Gasteiger partial charge on any atom is 0.416 e. The maximum absolute atomic E-state index is 12.7. The lowest BCUT2D eigenvalue weighted by atomic mass is 10.1. The highest BCUT2D eigenvalue weighted by molar-refractivity contribution is 6.02. The Hall–Kier alpha value is -3.29. The number of nitrogens with two attached hydrogens (primary N) is 1. The summed E-state index contributed by atoms with van der Waals surface area (Å²) < 4.78 is 38.0. The molecule has 0 fully saturated rings. The highest BCUT2D eigenvalue weighted by Gasteiger charge is 2.30. The fraction of sp³-hybridized carbons (Fsp3) is 0.111. The third kappa shape index (κ3) is 3.39. The number of carbonyl (C=O) groups excluding carboxylic acids is 1. The number of anilines is 1. The number of rotatable bonds is 3. The maximum atomic E-state index is 12.7. The van der Waals surface area contributed by atoms with Gasteiger partial charge in [0, 0.05) is 17.0 Å². The smallest absolute Gasteiger partial charge is 0.351 e. The average molecular weight is 361 g/mol. The highest BCUT2D eigenvalue weighted by atomic mass is 19.4. The Kier molecular flexibility index (Phi) is 4.41. The fourth-order valence-electron chi connectivity index (χ4n) is 2.70. The van der Waals surface area contributed by atoms with Gasteiger partial charge in [0.05, 0.1) is 17.8 Å². The molecule has 1 heterocycles. The molecule has 2 aromatic carbocycles. The number of fused-ring (bicyclic) bond motifs is 1. The van der Waals surface area contributed by atoms with Crippen molar-refractivity contribution in [3.8, 4) is 0 Å². The molecular weight excluding hydrogens is 347 g/mol. The number of primary amides is 1. The van der Waals surface area contributed by atoms with E-state index in [1.54, 1.807) is 24.3 Å². The van der Waals surface area contributed by atoms with Crippen molar-refractivity contribution in [3.63, 3.8) is 0 Å². The van der Waals surface area contributed by atoms with E-state index in [0.29, 0.717) is 22.0 Å². The van der Waals surface area contributed by atoms with E-state index < -0.39 is 17.8 Å². The third-order valence-corrected chi connectivity index (χ3v) is 3.97. The number of nitrogens with zero attached hydrogens (tertiary/aromatic N) is 1. The van der Waals surface area contributed by atoms with Crippen LogP contribution in [0.15, 0.2) is 59.5 Å². The van der Waals surface area contributed by atoms with Gasteiger partial charge in [0.15, 0.2) is 0 Å². The zero-order chi connectivity index (χ0) is 18.9. The lowest BCUT2D eigenvalue weighted by Crippen LogP contribution is -2.35. The van der Waals surface area contributed by atoms with E-state index in [1.165, 1.54) is 23.2 Å². The summed E-state index contributed by atoms with van der Waals surface area (Å²) in [6, 6.07) is 10.2.